The molecule has 2 aromatic carbocycles. The van der Waals surface area contributed by atoms with E-state index in [4.69, 9.17) is 0 Å². The number of benzene rings is 2. The Morgan fingerprint density at radius 1 is 1.00 bits per heavy atom. The van der Waals surface area contributed by atoms with E-state index in [1.165, 1.54) is 0 Å². The molecule has 0 aliphatic carbocycles. The van der Waals surface area contributed by atoms with Crippen molar-refractivity contribution >= 4 is 17.7 Å². The highest BCUT2D eigenvalue weighted by atomic mass is 16.2. The quantitative estimate of drug-likeness (QED) is 0.724. The number of carbonyl (C=O) groups is 3. The van der Waals surface area contributed by atoms with Crippen molar-refractivity contribution in [1.29, 1.82) is 0 Å². The highest BCUT2D eigenvalue weighted by molar-refractivity contribution is 5.94. The minimum absolute atomic E-state index is 0.00566. The highest BCUT2D eigenvalue weighted by Crippen LogP contribution is 2.28. The average molecular weight is 379 g/mol. The Morgan fingerprint density at radius 2 is 1.61 bits per heavy atom. The number of hydrogen-bond donors (Lipinski definition) is 2. The molecular weight excluding hydrogens is 354 g/mol. The molecule has 1 heterocycles. The van der Waals surface area contributed by atoms with Crippen LogP contribution in [0.5, 0.6) is 0 Å². The summed E-state index contributed by atoms with van der Waals surface area (Å²) in [5.74, 6) is -0.684. The summed E-state index contributed by atoms with van der Waals surface area (Å²) in [7, 11) is 0. The van der Waals surface area contributed by atoms with Gasteiger partial charge in [-0.05, 0) is 24.6 Å². The van der Waals surface area contributed by atoms with E-state index < -0.39 is 0 Å². The molecule has 0 aromatic heterocycles. The van der Waals surface area contributed by atoms with Gasteiger partial charge in [0.1, 0.15) is 0 Å². The molecule has 2 atom stereocenters. The number of amides is 3. The van der Waals surface area contributed by atoms with Gasteiger partial charge >= 0.3 is 0 Å². The molecule has 0 radical (unpaired) electrons. The van der Waals surface area contributed by atoms with Crippen molar-refractivity contribution in [2.24, 2.45) is 5.92 Å². The van der Waals surface area contributed by atoms with E-state index in [0.717, 1.165) is 5.56 Å². The lowest BCUT2D eigenvalue weighted by molar-refractivity contribution is -0.130. The highest BCUT2D eigenvalue weighted by Gasteiger charge is 2.36. The summed E-state index contributed by atoms with van der Waals surface area (Å²) in [5.41, 5.74) is 1.64. The van der Waals surface area contributed by atoms with Crippen LogP contribution >= 0.6 is 0 Å². The maximum Gasteiger partial charge on any atom is 0.251 e. The Bertz CT molecular complexity index is 823. The minimum atomic E-state index is -0.358. The number of carbonyl (C=O) groups excluding carboxylic acids is 3. The summed E-state index contributed by atoms with van der Waals surface area (Å²) in [4.78, 5) is 38.5. The molecule has 0 saturated carbocycles. The first-order valence-electron chi connectivity index (χ1n) is 9.51. The fraction of sp³-hybridized carbons (Fsp3) is 0.318. The summed E-state index contributed by atoms with van der Waals surface area (Å²) in [5, 5.41) is 5.59. The van der Waals surface area contributed by atoms with Crippen LogP contribution in [0.3, 0.4) is 0 Å². The molecule has 2 unspecified atom stereocenters. The van der Waals surface area contributed by atoms with E-state index in [-0.39, 0.29) is 36.1 Å². The standard InChI is InChI=1S/C22H25N3O3/c1-16(17-8-4-2-5-9-17)25-15-19(14-20(25)26)22(28)24-13-12-23-21(27)18-10-6-3-7-11-18/h2-11,16,19H,12-15H2,1H3,(H,23,27)(H,24,28). The van der Waals surface area contributed by atoms with Crippen molar-refractivity contribution in [3.8, 4) is 0 Å². The Labute approximate surface area is 164 Å². The van der Waals surface area contributed by atoms with E-state index in [1.807, 2.05) is 43.3 Å². The molecule has 1 aliphatic heterocycles. The second-order valence-corrected chi connectivity index (χ2v) is 6.95. The van der Waals surface area contributed by atoms with Gasteiger partial charge in [0.05, 0.1) is 12.0 Å². The van der Waals surface area contributed by atoms with Gasteiger partial charge in [0.15, 0.2) is 0 Å². The molecule has 6 heteroatoms. The predicted octanol–water partition coefficient (Wildman–Crippen LogP) is 2.14. The molecule has 0 bridgehead atoms. The van der Waals surface area contributed by atoms with Crippen LogP contribution in [0.4, 0.5) is 0 Å². The van der Waals surface area contributed by atoms with Crippen molar-refractivity contribution in [3.63, 3.8) is 0 Å². The average Bonchev–Trinajstić information content (AvgIpc) is 3.13. The Balaban J connectivity index is 1.44. The molecule has 1 saturated heterocycles. The molecule has 2 N–H and O–H groups in total. The SMILES string of the molecule is CC(c1ccccc1)N1CC(C(=O)NCCNC(=O)c2ccccc2)CC1=O. The van der Waals surface area contributed by atoms with Crippen molar-refractivity contribution in [2.45, 2.75) is 19.4 Å². The van der Waals surface area contributed by atoms with Crippen LogP contribution in [0.25, 0.3) is 0 Å². The Hall–Kier alpha value is -3.15. The predicted molar refractivity (Wildman–Crippen MR) is 106 cm³/mol. The lowest BCUT2D eigenvalue weighted by atomic mass is 10.1. The third-order valence-corrected chi connectivity index (χ3v) is 5.02. The summed E-state index contributed by atoms with van der Waals surface area (Å²) in [6.45, 7) is 3.06. The second-order valence-electron chi connectivity index (χ2n) is 6.95. The molecule has 3 rings (SSSR count). The number of nitrogens with one attached hydrogen (secondary N) is 2. The van der Waals surface area contributed by atoms with Gasteiger partial charge in [-0.15, -0.1) is 0 Å². The van der Waals surface area contributed by atoms with Gasteiger partial charge in [0.2, 0.25) is 11.8 Å². The van der Waals surface area contributed by atoms with Crippen LogP contribution in [-0.2, 0) is 9.59 Å². The molecule has 146 valence electrons. The maximum atomic E-state index is 12.4. The van der Waals surface area contributed by atoms with E-state index in [2.05, 4.69) is 10.6 Å². The van der Waals surface area contributed by atoms with Crippen molar-refractivity contribution in [1.82, 2.24) is 15.5 Å². The number of rotatable bonds is 7. The first-order chi connectivity index (χ1) is 13.6. The van der Waals surface area contributed by atoms with Crippen LogP contribution in [0.2, 0.25) is 0 Å². The van der Waals surface area contributed by atoms with Gasteiger partial charge in [-0.2, -0.15) is 0 Å². The molecule has 1 fully saturated rings. The van der Waals surface area contributed by atoms with Gasteiger partial charge in [0.25, 0.3) is 5.91 Å². The number of hydrogen-bond acceptors (Lipinski definition) is 3. The molecule has 0 spiro atoms. The van der Waals surface area contributed by atoms with E-state index >= 15 is 0 Å². The first-order valence-corrected chi connectivity index (χ1v) is 9.51. The van der Waals surface area contributed by atoms with Crippen LogP contribution in [-0.4, -0.2) is 42.3 Å². The van der Waals surface area contributed by atoms with E-state index in [9.17, 15) is 14.4 Å². The molecule has 2 aromatic rings. The van der Waals surface area contributed by atoms with Gasteiger partial charge in [-0.3, -0.25) is 14.4 Å². The fourth-order valence-corrected chi connectivity index (χ4v) is 3.39. The maximum absolute atomic E-state index is 12.4. The van der Waals surface area contributed by atoms with Crippen LogP contribution in [0.1, 0.15) is 35.3 Å². The Morgan fingerprint density at radius 3 is 2.29 bits per heavy atom. The zero-order valence-electron chi connectivity index (χ0n) is 15.9. The third kappa shape index (κ3) is 4.76. The normalized spacial score (nSPS) is 17.2. The van der Waals surface area contributed by atoms with Gasteiger partial charge in [0, 0.05) is 31.6 Å². The van der Waals surface area contributed by atoms with Crippen LogP contribution in [0.15, 0.2) is 60.7 Å². The molecular formula is C22H25N3O3. The molecule has 1 aliphatic rings. The molecule has 3 amide bonds. The topological polar surface area (TPSA) is 78.5 Å². The monoisotopic (exact) mass is 379 g/mol. The van der Waals surface area contributed by atoms with Crippen molar-refractivity contribution in [2.75, 3.05) is 19.6 Å². The zero-order chi connectivity index (χ0) is 19.9. The lowest BCUT2D eigenvalue weighted by Crippen LogP contribution is -2.38. The smallest absolute Gasteiger partial charge is 0.251 e. The lowest BCUT2D eigenvalue weighted by Gasteiger charge is -2.25. The minimum Gasteiger partial charge on any atom is -0.354 e. The number of likely N-dealkylation sites (tertiary alicyclic amines) is 1. The summed E-state index contributed by atoms with van der Waals surface area (Å²) in [6, 6.07) is 18.7. The van der Waals surface area contributed by atoms with Crippen molar-refractivity contribution < 1.29 is 14.4 Å². The first kappa shape index (κ1) is 19.6. The van der Waals surface area contributed by atoms with Crippen LogP contribution in [0, 0.1) is 5.92 Å². The third-order valence-electron chi connectivity index (χ3n) is 5.02. The summed E-state index contributed by atoms with van der Waals surface area (Å²) in [6.07, 6.45) is 0.222. The molecule has 28 heavy (non-hydrogen) atoms. The summed E-state index contributed by atoms with van der Waals surface area (Å²) < 4.78 is 0. The van der Waals surface area contributed by atoms with Gasteiger partial charge in [-0.25, -0.2) is 0 Å². The van der Waals surface area contributed by atoms with Gasteiger partial charge < -0.3 is 15.5 Å². The zero-order valence-corrected chi connectivity index (χ0v) is 15.9. The number of nitrogens with zero attached hydrogens (tertiary/aromatic N) is 1. The van der Waals surface area contributed by atoms with E-state index in [1.54, 1.807) is 29.2 Å². The van der Waals surface area contributed by atoms with E-state index in [0.29, 0.717) is 25.2 Å². The second kappa shape index (κ2) is 9.17. The van der Waals surface area contributed by atoms with Crippen LogP contribution < -0.4 is 10.6 Å². The van der Waals surface area contributed by atoms with Gasteiger partial charge in [-0.1, -0.05) is 48.5 Å². The Kier molecular flexibility index (Phi) is 6.42. The largest absolute Gasteiger partial charge is 0.354 e. The fourth-order valence-electron chi connectivity index (χ4n) is 3.39. The summed E-state index contributed by atoms with van der Waals surface area (Å²) >= 11 is 0. The van der Waals surface area contributed by atoms with Crippen molar-refractivity contribution in [3.05, 3.63) is 71.8 Å². The molecule has 6 nitrogen and oxygen atoms in total.